The van der Waals surface area contributed by atoms with E-state index in [1.807, 2.05) is 41.8 Å². The van der Waals surface area contributed by atoms with E-state index in [2.05, 4.69) is 15.9 Å². The van der Waals surface area contributed by atoms with Gasteiger partial charge in [0.2, 0.25) is 0 Å². The van der Waals surface area contributed by atoms with Crippen molar-refractivity contribution in [1.29, 1.82) is 0 Å². The molecule has 0 saturated carbocycles. The number of rotatable bonds is 5. The standard InChI is InChI=1S/C14H15BrO2S/c15-12-5-3-11(4-6-12)14(9-16,10-17)8-13-2-1-7-18-13/h1-7,16-17H,8-10H2. The Labute approximate surface area is 119 Å². The fourth-order valence-corrected chi connectivity index (χ4v) is 3.11. The van der Waals surface area contributed by atoms with E-state index < -0.39 is 5.41 Å². The molecule has 4 heteroatoms. The molecule has 2 N–H and O–H groups in total. The minimum absolute atomic E-state index is 0.0664. The lowest BCUT2D eigenvalue weighted by Crippen LogP contribution is -2.37. The molecule has 0 amide bonds. The van der Waals surface area contributed by atoms with Crippen molar-refractivity contribution < 1.29 is 10.2 Å². The summed E-state index contributed by atoms with van der Waals surface area (Å²) in [5.74, 6) is 0. The Morgan fingerprint density at radius 1 is 1.06 bits per heavy atom. The smallest absolute Gasteiger partial charge is 0.0553 e. The molecule has 0 atom stereocenters. The average Bonchev–Trinajstić information content (AvgIpc) is 2.90. The summed E-state index contributed by atoms with van der Waals surface area (Å²) in [7, 11) is 0. The minimum atomic E-state index is -0.606. The summed E-state index contributed by atoms with van der Waals surface area (Å²) in [4.78, 5) is 1.17. The topological polar surface area (TPSA) is 40.5 Å². The molecule has 1 aromatic carbocycles. The van der Waals surface area contributed by atoms with Crippen LogP contribution in [0.15, 0.2) is 46.3 Å². The molecule has 0 fully saturated rings. The lowest BCUT2D eigenvalue weighted by Gasteiger charge is -2.30. The van der Waals surface area contributed by atoms with Crippen LogP contribution in [0.4, 0.5) is 0 Å². The third-order valence-corrected chi connectivity index (χ3v) is 4.56. The summed E-state index contributed by atoms with van der Waals surface area (Å²) in [6, 6.07) is 11.8. The Hall–Kier alpha value is -0.680. The summed E-state index contributed by atoms with van der Waals surface area (Å²) in [5.41, 5.74) is 0.357. The van der Waals surface area contributed by atoms with Gasteiger partial charge in [0.05, 0.1) is 13.2 Å². The van der Waals surface area contributed by atoms with Crippen LogP contribution in [-0.4, -0.2) is 23.4 Å². The maximum absolute atomic E-state index is 9.73. The van der Waals surface area contributed by atoms with Crippen LogP contribution < -0.4 is 0 Å². The molecule has 1 aromatic heterocycles. The molecule has 96 valence electrons. The van der Waals surface area contributed by atoms with Gasteiger partial charge < -0.3 is 10.2 Å². The van der Waals surface area contributed by atoms with Crippen molar-refractivity contribution in [1.82, 2.24) is 0 Å². The van der Waals surface area contributed by atoms with Gasteiger partial charge in [0.25, 0.3) is 0 Å². The normalized spacial score (nSPS) is 11.7. The van der Waals surface area contributed by atoms with Crippen LogP contribution in [0.5, 0.6) is 0 Å². The van der Waals surface area contributed by atoms with Crippen molar-refractivity contribution in [2.24, 2.45) is 0 Å². The van der Waals surface area contributed by atoms with Crippen molar-refractivity contribution in [3.05, 3.63) is 56.7 Å². The van der Waals surface area contributed by atoms with E-state index in [9.17, 15) is 10.2 Å². The van der Waals surface area contributed by atoms with E-state index in [-0.39, 0.29) is 13.2 Å². The second-order valence-corrected chi connectivity index (χ2v) is 6.31. The number of aliphatic hydroxyl groups is 2. The van der Waals surface area contributed by atoms with Gasteiger partial charge in [-0.2, -0.15) is 0 Å². The van der Waals surface area contributed by atoms with Gasteiger partial charge in [0, 0.05) is 14.8 Å². The summed E-state index contributed by atoms with van der Waals surface area (Å²) in [6.07, 6.45) is 0.652. The van der Waals surface area contributed by atoms with Gasteiger partial charge >= 0.3 is 0 Å². The van der Waals surface area contributed by atoms with Gasteiger partial charge in [-0.25, -0.2) is 0 Å². The van der Waals surface area contributed by atoms with Crippen LogP contribution in [0.25, 0.3) is 0 Å². The van der Waals surface area contributed by atoms with Gasteiger partial charge in [-0.15, -0.1) is 11.3 Å². The summed E-state index contributed by atoms with van der Waals surface area (Å²) in [5, 5.41) is 21.5. The number of benzene rings is 1. The molecule has 0 aliphatic heterocycles. The first kappa shape index (κ1) is 13.7. The van der Waals surface area contributed by atoms with Crippen molar-refractivity contribution in [2.75, 3.05) is 13.2 Å². The monoisotopic (exact) mass is 326 g/mol. The van der Waals surface area contributed by atoms with Crippen LogP contribution in [-0.2, 0) is 11.8 Å². The van der Waals surface area contributed by atoms with Gasteiger partial charge in [0.15, 0.2) is 0 Å². The first-order valence-corrected chi connectivity index (χ1v) is 7.37. The molecular weight excluding hydrogens is 312 g/mol. The number of hydrogen-bond donors (Lipinski definition) is 2. The second kappa shape index (κ2) is 5.97. The quantitative estimate of drug-likeness (QED) is 0.886. The molecule has 0 aliphatic rings. The van der Waals surface area contributed by atoms with Crippen LogP contribution in [0.3, 0.4) is 0 Å². The largest absolute Gasteiger partial charge is 0.395 e. The van der Waals surface area contributed by atoms with Gasteiger partial charge in [-0.3, -0.25) is 0 Å². The minimum Gasteiger partial charge on any atom is -0.395 e. The SMILES string of the molecule is OCC(CO)(Cc1cccs1)c1ccc(Br)cc1. The zero-order chi connectivity index (χ0) is 13.0. The lowest BCUT2D eigenvalue weighted by molar-refractivity contribution is 0.117. The molecule has 0 unspecified atom stereocenters. The van der Waals surface area contributed by atoms with E-state index in [0.717, 1.165) is 10.0 Å². The molecule has 18 heavy (non-hydrogen) atoms. The fraction of sp³-hybridized carbons (Fsp3) is 0.286. The molecule has 2 aromatic rings. The maximum Gasteiger partial charge on any atom is 0.0553 e. The summed E-state index contributed by atoms with van der Waals surface area (Å²) < 4.78 is 0.993. The van der Waals surface area contributed by atoms with E-state index in [0.29, 0.717) is 6.42 Å². The Bertz CT molecular complexity index is 475. The zero-order valence-electron chi connectivity index (χ0n) is 9.84. The lowest BCUT2D eigenvalue weighted by atomic mass is 9.78. The van der Waals surface area contributed by atoms with E-state index in [1.54, 1.807) is 11.3 Å². The number of halogens is 1. The van der Waals surface area contributed by atoms with Crippen molar-refractivity contribution in [2.45, 2.75) is 11.8 Å². The van der Waals surface area contributed by atoms with E-state index in [4.69, 9.17) is 0 Å². The third-order valence-electron chi connectivity index (χ3n) is 3.15. The highest BCUT2D eigenvalue weighted by molar-refractivity contribution is 9.10. The molecule has 2 rings (SSSR count). The van der Waals surface area contributed by atoms with E-state index in [1.165, 1.54) is 4.88 Å². The average molecular weight is 327 g/mol. The molecule has 2 nitrogen and oxygen atoms in total. The predicted octanol–water partition coefficient (Wildman–Crippen LogP) is 2.98. The maximum atomic E-state index is 9.73. The molecular formula is C14H15BrO2S. The number of thiophene rings is 1. The summed E-state index contributed by atoms with van der Waals surface area (Å²) >= 11 is 5.04. The van der Waals surface area contributed by atoms with Gasteiger partial charge in [0.1, 0.15) is 0 Å². The molecule has 0 saturated heterocycles. The van der Waals surface area contributed by atoms with Crippen LogP contribution in [0.2, 0.25) is 0 Å². The van der Waals surface area contributed by atoms with Gasteiger partial charge in [-0.05, 0) is 35.6 Å². The van der Waals surface area contributed by atoms with Crippen molar-refractivity contribution in [3.63, 3.8) is 0 Å². The Morgan fingerprint density at radius 3 is 2.22 bits per heavy atom. The first-order chi connectivity index (χ1) is 8.70. The van der Waals surface area contributed by atoms with Crippen LogP contribution in [0, 0.1) is 0 Å². The Balaban J connectivity index is 2.33. The Morgan fingerprint density at radius 2 is 1.72 bits per heavy atom. The molecule has 1 heterocycles. The highest BCUT2D eigenvalue weighted by Crippen LogP contribution is 2.30. The molecule has 0 bridgehead atoms. The highest BCUT2D eigenvalue weighted by atomic mass is 79.9. The van der Waals surface area contributed by atoms with Gasteiger partial charge in [-0.1, -0.05) is 34.1 Å². The first-order valence-electron chi connectivity index (χ1n) is 5.70. The summed E-state index contributed by atoms with van der Waals surface area (Å²) in [6.45, 7) is -0.133. The van der Waals surface area contributed by atoms with Crippen molar-refractivity contribution >= 4 is 27.3 Å². The zero-order valence-corrected chi connectivity index (χ0v) is 12.2. The highest BCUT2D eigenvalue weighted by Gasteiger charge is 2.31. The second-order valence-electron chi connectivity index (χ2n) is 4.36. The predicted molar refractivity (Wildman–Crippen MR) is 78.0 cm³/mol. The number of aliphatic hydroxyl groups excluding tert-OH is 2. The molecule has 0 radical (unpaired) electrons. The molecule has 0 aliphatic carbocycles. The number of hydrogen-bond acceptors (Lipinski definition) is 3. The fourth-order valence-electron chi connectivity index (χ4n) is 2.00. The van der Waals surface area contributed by atoms with E-state index >= 15 is 0 Å². The Kier molecular flexibility index (Phi) is 4.56. The van der Waals surface area contributed by atoms with Crippen LogP contribution in [0.1, 0.15) is 10.4 Å². The molecule has 0 spiro atoms. The third kappa shape index (κ3) is 2.83. The van der Waals surface area contributed by atoms with Crippen LogP contribution >= 0.6 is 27.3 Å². The van der Waals surface area contributed by atoms with Crippen molar-refractivity contribution in [3.8, 4) is 0 Å².